The predicted molar refractivity (Wildman–Crippen MR) is 108 cm³/mol. The molecule has 0 saturated heterocycles. The maximum Gasteiger partial charge on any atom is 0.234 e. The van der Waals surface area contributed by atoms with E-state index in [9.17, 15) is 4.79 Å². The van der Waals surface area contributed by atoms with Gasteiger partial charge in [0.2, 0.25) is 5.91 Å². The van der Waals surface area contributed by atoms with Crippen molar-refractivity contribution in [1.29, 1.82) is 0 Å². The van der Waals surface area contributed by atoms with Crippen LogP contribution < -0.4 is 10.1 Å². The first-order chi connectivity index (χ1) is 13.2. The molecule has 2 heterocycles. The van der Waals surface area contributed by atoms with Crippen molar-refractivity contribution in [1.82, 2.24) is 14.8 Å². The van der Waals surface area contributed by atoms with E-state index >= 15 is 0 Å². The highest BCUT2D eigenvalue weighted by atomic mass is 32.2. The summed E-state index contributed by atoms with van der Waals surface area (Å²) >= 11 is 3.17. The molecule has 1 saturated carbocycles. The number of anilines is 1. The Balaban J connectivity index is 1.38. The molecular formula is C19H20N4O2S2. The van der Waals surface area contributed by atoms with E-state index in [-0.39, 0.29) is 5.91 Å². The molecule has 140 valence electrons. The Morgan fingerprint density at radius 3 is 2.78 bits per heavy atom. The number of amides is 1. The highest BCUT2D eigenvalue weighted by Crippen LogP contribution is 2.39. The minimum Gasteiger partial charge on any atom is -0.497 e. The van der Waals surface area contributed by atoms with E-state index < -0.39 is 0 Å². The van der Waals surface area contributed by atoms with Crippen LogP contribution in [0.3, 0.4) is 0 Å². The third kappa shape index (κ3) is 4.51. The summed E-state index contributed by atoms with van der Waals surface area (Å²) in [4.78, 5) is 13.6. The van der Waals surface area contributed by atoms with E-state index in [2.05, 4.69) is 37.6 Å². The number of rotatable bonds is 8. The molecule has 1 fully saturated rings. The summed E-state index contributed by atoms with van der Waals surface area (Å²) in [5.41, 5.74) is 0.753. The lowest BCUT2D eigenvalue weighted by atomic mass is 10.3. The highest BCUT2D eigenvalue weighted by Gasteiger charge is 2.29. The number of carbonyl (C=O) groups excluding carboxylic acids is 1. The van der Waals surface area contributed by atoms with Gasteiger partial charge in [0.05, 0.1) is 12.9 Å². The van der Waals surface area contributed by atoms with Crippen LogP contribution in [-0.4, -0.2) is 33.5 Å². The smallest absolute Gasteiger partial charge is 0.234 e. The molecule has 3 aromatic rings. The van der Waals surface area contributed by atoms with Crippen LogP contribution in [0, 0.1) is 0 Å². The van der Waals surface area contributed by atoms with E-state index in [4.69, 9.17) is 4.74 Å². The van der Waals surface area contributed by atoms with Crippen molar-refractivity contribution in [3.05, 3.63) is 52.5 Å². The van der Waals surface area contributed by atoms with Gasteiger partial charge in [-0.2, -0.15) is 0 Å². The molecule has 8 heteroatoms. The molecule has 0 atom stereocenters. The number of ether oxygens (including phenoxy) is 1. The summed E-state index contributed by atoms with van der Waals surface area (Å²) in [6.45, 7) is 0. The molecule has 1 amide bonds. The molecule has 0 unspecified atom stereocenters. The van der Waals surface area contributed by atoms with Crippen LogP contribution in [0.1, 0.15) is 29.6 Å². The first-order valence-electron chi connectivity index (χ1n) is 8.76. The quantitative estimate of drug-likeness (QED) is 0.579. The first kappa shape index (κ1) is 18.1. The molecule has 1 aromatic carbocycles. The molecule has 27 heavy (non-hydrogen) atoms. The van der Waals surface area contributed by atoms with Gasteiger partial charge in [-0.25, -0.2) is 0 Å². The van der Waals surface area contributed by atoms with Crippen molar-refractivity contribution < 1.29 is 9.53 Å². The summed E-state index contributed by atoms with van der Waals surface area (Å²) in [6, 6.07) is 11.9. The average Bonchev–Trinajstić information content (AvgIpc) is 3.23. The number of thioether (sulfide) groups is 1. The van der Waals surface area contributed by atoms with Crippen molar-refractivity contribution in [3.8, 4) is 5.75 Å². The number of thiophene rings is 1. The molecule has 0 spiro atoms. The Labute approximate surface area is 166 Å². The Hall–Kier alpha value is -2.32. The number of nitrogens with one attached hydrogen (secondary N) is 1. The molecule has 0 radical (unpaired) electrons. The lowest BCUT2D eigenvalue weighted by Crippen LogP contribution is -2.14. The Morgan fingerprint density at radius 1 is 1.30 bits per heavy atom. The second-order valence-electron chi connectivity index (χ2n) is 6.32. The maximum absolute atomic E-state index is 12.3. The number of nitrogens with zero attached hydrogens (tertiary/aromatic N) is 3. The molecule has 1 N–H and O–H groups in total. The van der Waals surface area contributed by atoms with Gasteiger partial charge in [-0.1, -0.05) is 17.8 Å². The predicted octanol–water partition coefficient (Wildman–Crippen LogP) is 4.00. The van der Waals surface area contributed by atoms with Gasteiger partial charge >= 0.3 is 0 Å². The largest absolute Gasteiger partial charge is 0.497 e. The van der Waals surface area contributed by atoms with Gasteiger partial charge in [-0.15, -0.1) is 21.5 Å². The Morgan fingerprint density at radius 2 is 2.11 bits per heavy atom. The molecule has 0 bridgehead atoms. The normalized spacial score (nSPS) is 13.5. The third-order valence-electron chi connectivity index (χ3n) is 4.27. The summed E-state index contributed by atoms with van der Waals surface area (Å²) < 4.78 is 7.34. The van der Waals surface area contributed by atoms with Crippen molar-refractivity contribution in [2.75, 3.05) is 18.2 Å². The standard InChI is InChI=1S/C19H20N4O2S2/c1-25-15-8-4-13(5-9-15)20-18(24)12-27-19-22-21-17(23(19)14-6-7-14)11-16-3-2-10-26-16/h2-5,8-10,14H,6-7,11-12H2,1H3,(H,20,24). The van der Waals surface area contributed by atoms with Crippen LogP contribution in [0.5, 0.6) is 5.75 Å². The fourth-order valence-corrected chi connectivity index (χ4v) is 4.32. The zero-order valence-corrected chi connectivity index (χ0v) is 16.6. The molecule has 4 rings (SSSR count). The van der Waals surface area contributed by atoms with Crippen molar-refractivity contribution in [3.63, 3.8) is 0 Å². The van der Waals surface area contributed by atoms with E-state index in [0.29, 0.717) is 11.8 Å². The SMILES string of the molecule is COc1ccc(NC(=O)CSc2nnc(Cc3cccs3)n2C2CC2)cc1. The lowest BCUT2D eigenvalue weighted by molar-refractivity contribution is -0.113. The van der Waals surface area contributed by atoms with Crippen LogP contribution in [0.25, 0.3) is 0 Å². The molecule has 0 aliphatic heterocycles. The van der Waals surface area contributed by atoms with Crippen molar-refractivity contribution >= 4 is 34.7 Å². The topological polar surface area (TPSA) is 69.0 Å². The van der Waals surface area contributed by atoms with Gasteiger partial charge in [-0.05, 0) is 48.6 Å². The minimum absolute atomic E-state index is 0.0599. The first-order valence-corrected chi connectivity index (χ1v) is 10.6. The monoisotopic (exact) mass is 400 g/mol. The third-order valence-corrected chi connectivity index (χ3v) is 6.09. The number of aromatic nitrogens is 3. The summed E-state index contributed by atoms with van der Waals surface area (Å²) in [7, 11) is 1.62. The summed E-state index contributed by atoms with van der Waals surface area (Å²) in [5, 5.41) is 14.5. The number of methoxy groups -OCH3 is 1. The van der Waals surface area contributed by atoms with E-state index in [1.54, 1.807) is 18.4 Å². The molecular weight excluding hydrogens is 380 g/mol. The van der Waals surface area contributed by atoms with Gasteiger partial charge in [0.25, 0.3) is 0 Å². The maximum atomic E-state index is 12.3. The number of hydrogen-bond donors (Lipinski definition) is 1. The fraction of sp³-hybridized carbons (Fsp3) is 0.316. The second kappa shape index (κ2) is 8.14. The van der Waals surface area contributed by atoms with Gasteiger partial charge in [-0.3, -0.25) is 4.79 Å². The zero-order chi connectivity index (χ0) is 18.6. The Kier molecular flexibility index (Phi) is 5.45. The molecule has 1 aliphatic carbocycles. The van der Waals surface area contributed by atoms with Gasteiger partial charge in [0.1, 0.15) is 11.6 Å². The molecule has 6 nitrogen and oxygen atoms in total. The van der Waals surface area contributed by atoms with Gasteiger partial charge < -0.3 is 14.6 Å². The number of carbonyl (C=O) groups is 1. The van der Waals surface area contributed by atoms with Crippen LogP contribution in [0.15, 0.2) is 46.9 Å². The van der Waals surface area contributed by atoms with E-state index in [1.165, 1.54) is 16.6 Å². The van der Waals surface area contributed by atoms with Gasteiger partial charge in [0.15, 0.2) is 5.16 Å². The minimum atomic E-state index is -0.0599. The van der Waals surface area contributed by atoms with E-state index in [0.717, 1.165) is 41.7 Å². The number of hydrogen-bond acceptors (Lipinski definition) is 6. The summed E-state index contributed by atoms with van der Waals surface area (Å²) in [6.07, 6.45) is 3.10. The Bertz CT molecular complexity index is 902. The van der Waals surface area contributed by atoms with Crippen LogP contribution in [0.2, 0.25) is 0 Å². The molecule has 1 aliphatic rings. The highest BCUT2D eigenvalue weighted by molar-refractivity contribution is 7.99. The van der Waals surface area contributed by atoms with Crippen molar-refractivity contribution in [2.45, 2.75) is 30.5 Å². The van der Waals surface area contributed by atoms with E-state index in [1.807, 2.05) is 24.3 Å². The lowest BCUT2D eigenvalue weighted by Gasteiger charge is -2.09. The van der Waals surface area contributed by atoms with Crippen molar-refractivity contribution in [2.24, 2.45) is 0 Å². The zero-order valence-electron chi connectivity index (χ0n) is 14.9. The van der Waals surface area contributed by atoms with Crippen LogP contribution in [0.4, 0.5) is 5.69 Å². The average molecular weight is 401 g/mol. The van der Waals surface area contributed by atoms with Crippen LogP contribution >= 0.6 is 23.1 Å². The summed E-state index contributed by atoms with van der Waals surface area (Å²) in [5.74, 6) is 1.99. The van der Waals surface area contributed by atoms with Gasteiger partial charge in [0, 0.05) is 23.0 Å². The van der Waals surface area contributed by atoms with Crippen LogP contribution in [-0.2, 0) is 11.2 Å². The number of benzene rings is 1. The fourth-order valence-electron chi connectivity index (χ4n) is 2.80. The molecule has 2 aromatic heterocycles. The second-order valence-corrected chi connectivity index (χ2v) is 8.30.